The fraction of sp³-hybridized carbons (Fsp3) is 0.250. The molecule has 1 N–H and O–H groups in total. The number of nitrogens with one attached hydrogen (secondary N) is 1. The van der Waals surface area contributed by atoms with E-state index in [1.807, 2.05) is 42.5 Å². The van der Waals surface area contributed by atoms with Gasteiger partial charge in [0.1, 0.15) is 0 Å². The Hall–Kier alpha value is -0.730. The van der Waals surface area contributed by atoms with E-state index in [1.54, 1.807) is 0 Å². The molecule has 106 valence electrons. The first-order valence-electron chi connectivity index (χ1n) is 6.53. The Morgan fingerprint density at radius 1 is 0.950 bits per heavy atom. The van der Waals surface area contributed by atoms with Crippen molar-refractivity contribution in [2.75, 3.05) is 0 Å². The van der Waals surface area contributed by atoms with Crippen LogP contribution in [0.2, 0.25) is 15.1 Å². The van der Waals surface area contributed by atoms with Crippen molar-refractivity contribution in [1.82, 2.24) is 5.32 Å². The van der Waals surface area contributed by atoms with Crippen LogP contribution in [0.4, 0.5) is 0 Å². The Bertz CT molecular complexity index is 584. The zero-order valence-electron chi connectivity index (χ0n) is 11.2. The van der Waals surface area contributed by atoms with Gasteiger partial charge in [0.15, 0.2) is 0 Å². The highest BCUT2D eigenvalue weighted by Crippen LogP contribution is 2.27. The number of hydrogen-bond acceptors (Lipinski definition) is 1. The minimum absolute atomic E-state index is 0.223. The molecular weight excluding hydrogens is 313 g/mol. The van der Waals surface area contributed by atoms with Gasteiger partial charge in [-0.3, -0.25) is 0 Å². The molecule has 0 spiro atoms. The molecule has 1 nitrogen and oxygen atoms in total. The van der Waals surface area contributed by atoms with Crippen LogP contribution in [0.25, 0.3) is 0 Å². The van der Waals surface area contributed by atoms with Crippen LogP contribution in [0.5, 0.6) is 0 Å². The van der Waals surface area contributed by atoms with E-state index in [0.717, 1.165) is 29.1 Å². The van der Waals surface area contributed by atoms with Crippen LogP contribution < -0.4 is 5.32 Å². The van der Waals surface area contributed by atoms with Gasteiger partial charge in [-0.15, -0.1) is 0 Å². The molecule has 0 radical (unpaired) electrons. The quantitative estimate of drug-likeness (QED) is 0.722. The highest BCUT2D eigenvalue weighted by atomic mass is 35.5. The predicted molar refractivity (Wildman–Crippen MR) is 87.8 cm³/mol. The van der Waals surface area contributed by atoms with E-state index in [1.165, 1.54) is 0 Å². The number of hydrogen-bond donors (Lipinski definition) is 1. The highest BCUT2D eigenvalue weighted by molar-refractivity contribution is 6.42. The molecule has 4 heteroatoms. The standard InChI is InChI=1S/C16H16Cl3N/c1-2-16(11-7-8-14(18)15(19)9-11)20-10-12-5-3-4-6-13(12)17/h3-9,16,20H,2,10H2,1H3. The summed E-state index contributed by atoms with van der Waals surface area (Å²) in [6, 6.07) is 13.8. The summed E-state index contributed by atoms with van der Waals surface area (Å²) in [5.41, 5.74) is 2.22. The molecule has 1 atom stereocenters. The third-order valence-corrected chi connectivity index (χ3v) is 4.36. The van der Waals surface area contributed by atoms with Crippen LogP contribution in [0, 0.1) is 0 Å². The summed E-state index contributed by atoms with van der Waals surface area (Å²) in [5.74, 6) is 0. The smallest absolute Gasteiger partial charge is 0.0595 e. The third kappa shape index (κ3) is 3.89. The molecule has 2 aromatic rings. The normalized spacial score (nSPS) is 12.4. The third-order valence-electron chi connectivity index (χ3n) is 3.25. The Balaban J connectivity index is 2.09. The van der Waals surface area contributed by atoms with E-state index in [-0.39, 0.29) is 6.04 Å². The predicted octanol–water partition coefficient (Wildman–Crippen LogP) is 5.89. The molecule has 2 aromatic carbocycles. The maximum Gasteiger partial charge on any atom is 0.0595 e. The number of benzene rings is 2. The van der Waals surface area contributed by atoms with Crippen LogP contribution in [0.3, 0.4) is 0 Å². The molecule has 0 fully saturated rings. The molecule has 0 heterocycles. The van der Waals surface area contributed by atoms with Gasteiger partial charge in [-0.1, -0.05) is 66.0 Å². The van der Waals surface area contributed by atoms with Crippen LogP contribution in [0.1, 0.15) is 30.5 Å². The maximum absolute atomic E-state index is 6.16. The zero-order valence-corrected chi connectivity index (χ0v) is 13.4. The van der Waals surface area contributed by atoms with Crippen molar-refractivity contribution in [3.8, 4) is 0 Å². The first-order valence-corrected chi connectivity index (χ1v) is 7.67. The molecule has 0 aromatic heterocycles. The molecule has 0 aliphatic heterocycles. The number of rotatable bonds is 5. The first-order chi connectivity index (χ1) is 9.61. The zero-order chi connectivity index (χ0) is 14.5. The Labute approximate surface area is 134 Å². The molecule has 0 bridgehead atoms. The summed E-state index contributed by atoms with van der Waals surface area (Å²) in [4.78, 5) is 0. The topological polar surface area (TPSA) is 12.0 Å². The van der Waals surface area contributed by atoms with Gasteiger partial charge in [0.05, 0.1) is 10.0 Å². The van der Waals surface area contributed by atoms with E-state index in [2.05, 4.69) is 12.2 Å². The van der Waals surface area contributed by atoms with E-state index < -0.39 is 0 Å². The van der Waals surface area contributed by atoms with Crippen molar-refractivity contribution in [1.29, 1.82) is 0 Å². The SMILES string of the molecule is CCC(NCc1ccccc1Cl)c1ccc(Cl)c(Cl)c1. The van der Waals surface area contributed by atoms with Gasteiger partial charge in [-0.05, 0) is 35.7 Å². The molecule has 2 rings (SSSR count). The van der Waals surface area contributed by atoms with E-state index >= 15 is 0 Å². The van der Waals surface area contributed by atoms with Crippen molar-refractivity contribution in [2.24, 2.45) is 0 Å². The van der Waals surface area contributed by atoms with Gasteiger partial charge in [0, 0.05) is 17.6 Å². The van der Waals surface area contributed by atoms with Crippen molar-refractivity contribution in [3.05, 3.63) is 68.7 Å². The summed E-state index contributed by atoms with van der Waals surface area (Å²) in [6.07, 6.45) is 0.961. The van der Waals surface area contributed by atoms with Gasteiger partial charge in [0.25, 0.3) is 0 Å². The minimum Gasteiger partial charge on any atom is -0.306 e. The minimum atomic E-state index is 0.223. The van der Waals surface area contributed by atoms with Crippen molar-refractivity contribution in [2.45, 2.75) is 25.9 Å². The monoisotopic (exact) mass is 327 g/mol. The lowest BCUT2D eigenvalue weighted by atomic mass is 10.0. The lowest BCUT2D eigenvalue weighted by Crippen LogP contribution is -2.20. The number of halogens is 3. The second-order valence-corrected chi connectivity index (χ2v) is 5.83. The first kappa shape index (κ1) is 15.7. The summed E-state index contributed by atoms with van der Waals surface area (Å²) in [7, 11) is 0. The van der Waals surface area contributed by atoms with Crippen LogP contribution in [0.15, 0.2) is 42.5 Å². The Morgan fingerprint density at radius 3 is 2.35 bits per heavy atom. The van der Waals surface area contributed by atoms with Crippen molar-refractivity contribution < 1.29 is 0 Å². The summed E-state index contributed by atoms with van der Waals surface area (Å²) >= 11 is 18.2. The van der Waals surface area contributed by atoms with Crippen molar-refractivity contribution in [3.63, 3.8) is 0 Å². The second-order valence-electron chi connectivity index (χ2n) is 4.61. The Kier molecular flexibility index (Phi) is 5.74. The van der Waals surface area contributed by atoms with Crippen LogP contribution in [-0.4, -0.2) is 0 Å². The molecule has 0 aliphatic carbocycles. The molecular formula is C16H16Cl3N. The molecule has 0 saturated carbocycles. The average Bonchev–Trinajstić information content (AvgIpc) is 2.45. The van der Waals surface area contributed by atoms with Gasteiger partial charge in [-0.25, -0.2) is 0 Å². The molecule has 0 aliphatic rings. The summed E-state index contributed by atoms with van der Waals surface area (Å²) < 4.78 is 0. The lowest BCUT2D eigenvalue weighted by Gasteiger charge is -2.18. The van der Waals surface area contributed by atoms with E-state index in [4.69, 9.17) is 34.8 Å². The lowest BCUT2D eigenvalue weighted by molar-refractivity contribution is 0.519. The van der Waals surface area contributed by atoms with E-state index in [9.17, 15) is 0 Å². The molecule has 20 heavy (non-hydrogen) atoms. The van der Waals surface area contributed by atoms with Gasteiger partial charge < -0.3 is 5.32 Å². The van der Waals surface area contributed by atoms with Gasteiger partial charge in [0.2, 0.25) is 0 Å². The van der Waals surface area contributed by atoms with Gasteiger partial charge >= 0.3 is 0 Å². The van der Waals surface area contributed by atoms with Crippen LogP contribution >= 0.6 is 34.8 Å². The van der Waals surface area contributed by atoms with Crippen LogP contribution in [-0.2, 0) is 6.54 Å². The average molecular weight is 329 g/mol. The molecule has 0 saturated heterocycles. The Morgan fingerprint density at radius 2 is 1.70 bits per heavy atom. The fourth-order valence-electron chi connectivity index (χ4n) is 2.10. The largest absolute Gasteiger partial charge is 0.306 e. The second kappa shape index (κ2) is 7.33. The van der Waals surface area contributed by atoms with Crippen molar-refractivity contribution >= 4 is 34.8 Å². The van der Waals surface area contributed by atoms with Gasteiger partial charge in [-0.2, -0.15) is 0 Å². The van der Waals surface area contributed by atoms with E-state index in [0.29, 0.717) is 10.0 Å². The molecule has 1 unspecified atom stereocenters. The maximum atomic E-state index is 6.16. The fourth-order valence-corrected chi connectivity index (χ4v) is 2.61. The highest BCUT2D eigenvalue weighted by Gasteiger charge is 2.11. The molecule has 0 amide bonds. The summed E-state index contributed by atoms with van der Waals surface area (Å²) in [5, 5.41) is 5.45. The summed E-state index contributed by atoms with van der Waals surface area (Å²) in [6.45, 7) is 2.85.